The van der Waals surface area contributed by atoms with Crippen LogP contribution in [0.5, 0.6) is 0 Å². The Hall–Kier alpha value is -0.570. The van der Waals surface area contributed by atoms with Gasteiger partial charge in [-0.3, -0.25) is 9.63 Å². The molecule has 0 heterocycles. The predicted molar refractivity (Wildman–Crippen MR) is 32.5 cm³/mol. The summed E-state index contributed by atoms with van der Waals surface area (Å²) in [6.07, 6.45) is 4.37. The van der Waals surface area contributed by atoms with Gasteiger partial charge in [-0.05, 0) is 18.8 Å². The van der Waals surface area contributed by atoms with Crippen molar-refractivity contribution >= 4 is 6.41 Å². The summed E-state index contributed by atoms with van der Waals surface area (Å²) in [7, 11) is 0. The minimum absolute atomic E-state index is 0.554. The van der Waals surface area contributed by atoms with Crippen LogP contribution < -0.4 is 5.48 Å². The molecular formula is C6H11NO2. The second kappa shape index (κ2) is 3.45. The molecule has 52 valence electrons. The van der Waals surface area contributed by atoms with E-state index in [4.69, 9.17) is 4.84 Å². The minimum Gasteiger partial charge on any atom is -0.277 e. The lowest BCUT2D eigenvalue weighted by molar-refractivity contribution is -0.122. The van der Waals surface area contributed by atoms with Crippen molar-refractivity contribution in [2.75, 3.05) is 6.61 Å². The number of hydroxylamine groups is 1. The van der Waals surface area contributed by atoms with E-state index in [-0.39, 0.29) is 0 Å². The molecule has 0 aliphatic heterocycles. The molecule has 0 spiro atoms. The number of amides is 1. The quantitative estimate of drug-likeness (QED) is 0.340. The zero-order valence-electron chi connectivity index (χ0n) is 5.30. The van der Waals surface area contributed by atoms with E-state index < -0.39 is 0 Å². The Labute approximate surface area is 54.3 Å². The van der Waals surface area contributed by atoms with Gasteiger partial charge in [0.15, 0.2) is 0 Å². The summed E-state index contributed by atoms with van der Waals surface area (Å²) in [5.41, 5.74) is 2.17. The highest BCUT2D eigenvalue weighted by Gasteiger charge is 2.16. The van der Waals surface area contributed by atoms with Crippen molar-refractivity contribution in [2.24, 2.45) is 5.92 Å². The maximum atomic E-state index is 9.66. The smallest absolute Gasteiger partial charge is 0.230 e. The van der Waals surface area contributed by atoms with Crippen molar-refractivity contribution in [3.63, 3.8) is 0 Å². The summed E-state index contributed by atoms with van der Waals surface area (Å²) in [6, 6.07) is 0. The molecule has 0 saturated heterocycles. The van der Waals surface area contributed by atoms with E-state index in [1.165, 1.54) is 19.3 Å². The van der Waals surface area contributed by atoms with Gasteiger partial charge < -0.3 is 0 Å². The van der Waals surface area contributed by atoms with E-state index in [1.54, 1.807) is 0 Å². The molecule has 0 aromatic carbocycles. The third kappa shape index (κ3) is 2.01. The van der Waals surface area contributed by atoms with Crippen LogP contribution in [0.25, 0.3) is 0 Å². The number of rotatable bonds is 4. The van der Waals surface area contributed by atoms with Gasteiger partial charge in [0.05, 0.1) is 6.61 Å². The van der Waals surface area contributed by atoms with Crippen LogP contribution in [0.3, 0.4) is 0 Å². The lowest BCUT2D eigenvalue weighted by Gasteiger charge is -2.23. The first-order valence-electron chi connectivity index (χ1n) is 3.24. The van der Waals surface area contributed by atoms with E-state index in [0.29, 0.717) is 18.9 Å². The third-order valence-electron chi connectivity index (χ3n) is 1.68. The Morgan fingerprint density at radius 2 is 2.44 bits per heavy atom. The Bertz CT molecular complexity index is 91.1. The van der Waals surface area contributed by atoms with Crippen molar-refractivity contribution in [3.8, 4) is 0 Å². The van der Waals surface area contributed by atoms with Crippen molar-refractivity contribution < 1.29 is 9.63 Å². The number of hydrogen-bond donors (Lipinski definition) is 1. The van der Waals surface area contributed by atoms with Gasteiger partial charge in [0.2, 0.25) is 6.41 Å². The van der Waals surface area contributed by atoms with Crippen LogP contribution in [-0.2, 0) is 9.63 Å². The van der Waals surface area contributed by atoms with Crippen molar-refractivity contribution in [2.45, 2.75) is 19.3 Å². The van der Waals surface area contributed by atoms with Crippen LogP contribution in [0.15, 0.2) is 0 Å². The summed E-state index contributed by atoms with van der Waals surface area (Å²) in [6.45, 7) is 0.679. The average molecular weight is 129 g/mol. The maximum Gasteiger partial charge on any atom is 0.230 e. The number of carbonyl (C=O) groups excluding carboxylic acids is 1. The fourth-order valence-electron chi connectivity index (χ4n) is 0.859. The molecule has 3 heteroatoms. The van der Waals surface area contributed by atoms with Gasteiger partial charge in [-0.2, -0.15) is 0 Å². The maximum absolute atomic E-state index is 9.66. The summed E-state index contributed by atoms with van der Waals surface area (Å²) in [5.74, 6) is 0.692. The van der Waals surface area contributed by atoms with Gasteiger partial charge in [-0.15, -0.1) is 0 Å². The highest BCUT2D eigenvalue weighted by molar-refractivity contribution is 5.43. The van der Waals surface area contributed by atoms with Crippen LogP contribution in [0.1, 0.15) is 19.3 Å². The number of carbonyl (C=O) groups is 1. The Morgan fingerprint density at radius 1 is 1.67 bits per heavy atom. The van der Waals surface area contributed by atoms with Gasteiger partial charge >= 0.3 is 0 Å². The molecule has 1 amide bonds. The summed E-state index contributed by atoms with van der Waals surface area (Å²) in [5, 5.41) is 0. The molecule has 0 aromatic heterocycles. The van der Waals surface area contributed by atoms with Crippen LogP contribution in [0.4, 0.5) is 0 Å². The van der Waals surface area contributed by atoms with E-state index in [1.807, 2.05) is 0 Å². The van der Waals surface area contributed by atoms with Crippen LogP contribution in [-0.4, -0.2) is 13.0 Å². The Balaban J connectivity index is 1.85. The van der Waals surface area contributed by atoms with Crippen LogP contribution >= 0.6 is 0 Å². The van der Waals surface area contributed by atoms with Gasteiger partial charge in [0, 0.05) is 0 Å². The fourth-order valence-corrected chi connectivity index (χ4v) is 0.859. The molecule has 3 nitrogen and oxygen atoms in total. The Kier molecular flexibility index (Phi) is 2.51. The van der Waals surface area contributed by atoms with Crippen molar-refractivity contribution in [3.05, 3.63) is 0 Å². The molecule has 1 aliphatic rings. The lowest BCUT2D eigenvalue weighted by atomic mass is 9.86. The molecule has 1 N–H and O–H groups in total. The van der Waals surface area contributed by atoms with Gasteiger partial charge in [-0.25, -0.2) is 5.48 Å². The summed E-state index contributed by atoms with van der Waals surface area (Å²) < 4.78 is 0. The second-order valence-electron chi connectivity index (χ2n) is 2.34. The van der Waals surface area contributed by atoms with Crippen molar-refractivity contribution in [1.29, 1.82) is 0 Å². The first-order valence-corrected chi connectivity index (χ1v) is 3.24. The third-order valence-corrected chi connectivity index (χ3v) is 1.68. The number of nitrogens with one attached hydrogen (secondary N) is 1. The van der Waals surface area contributed by atoms with E-state index in [0.717, 1.165) is 0 Å². The zero-order chi connectivity index (χ0) is 6.53. The fraction of sp³-hybridized carbons (Fsp3) is 0.833. The monoisotopic (exact) mass is 129 g/mol. The molecule has 1 aliphatic carbocycles. The molecule has 1 rings (SSSR count). The molecule has 1 saturated carbocycles. The normalized spacial score (nSPS) is 18.7. The Morgan fingerprint density at radius 3 is 2.89 bits per heavy atom. The van der Waals surface area contributed by atoms with Crippen LogP contribution in [0.2, 0.25) is 0 Å². The zero-order valence-corrected chi connectivity index (χ0v) is 5.30. The summed E-state index contributed by atoms with van der Waals surface area (Å²) >= 11 is 0. The molecule has 0 aromatic rings. The van der Waals surface area contributed by atoms with Gasteiger partial charge in [0.25, 0.3) is 0 Å². The average Bonchev–Trinajstić information content (AvgIpc) is 1.76. The van der Waals surface area contributed by atoms with Gasteiger partial charge in [-0.1, -0.05) is 6.42 Å². The summed E-state index contributed by atoms with van der Waals surface area (Å²) in [4.78, 5) is 14.4. The molecule has 9 heavy (non-hydrogen) atoms. The number of hydrogen-bond acceptors (Lipinski definition) is 2. The largest absolute Gasteiger partial charge is 0.277 e. The van der Waals surface area contributed by atoms with E-state index >= 15 is 0 Å². The molecule has 0 radical (unpaired) electrons. The molecule has 1 fully saturated rings. The molecule has 0 unspecified atom stereocenters. The highest BCUT2D eigenvalue weighted by Crippen LogP contribution is 2.25. The van der Waals surface area contributed by atoms with Crippen molar-refractivity contribution in [1.82, 2.24) is 5.48 Å². The topological polar surface area (TPSA) is 38.3 Å². The second-order valence-corrected chi connectivity index (χ2v) is 2.34. The molecular weight excluding hydrogens is 118 g/mol. The van der Waals surface area contributed by atoms with Gasteiger partial charge in [0.1, 0.15) is 0 Å². The van der Waals surface area contributed by atoms with Crippen LogP contribution in [0, 0.1) is 5.92 Å². The predicted octanol–water partition coefficient (Wildman–Crippen LogP) is 0.464. The molecule has 0 bridgehead atoms. The van der Waals surface area contributed by atoms with E-state index in [9.17, 15) is 4.79 Å². The first kappa shape index (κ1) is 6.55. The lowest BCUT2D eigenvalue weighted by Crippen LogP contribution is -2.22. The molecule has 0 atom stereocenters. The first-order chi connectivity index (χ1) is 4.43. The van der Waals surface area contributed by atoms with E-state index in [2.05, 4.69) is 5.48 Å². The minimum atomic E-state index is 0.554. The highest BCUT2D eigenvalue weighted by atomic mass is 16.6. The standard InChI is InChI=1S/C6H11NO2/c8-5-7-9-4-6-2-1-3-6/h5-6H,1-4H2,(H,7,8). The SMILES string of the molecule is O=CNOCC1CCC1.